The molecular formula is C26H18F2N3O2-. The molecule has 164 valence electrons. The first-order chi connectivity index (χ1) is 16.0. The van der Waals surface area contributed by atoms with Crippen LogP contribution in [0.25, 0.3) is 28.0 Å². The Bertz CT molecular complexity index is 1350. The van der Waals surface area contributed by atoms with Gasteiger partial charge in [0.2, 0.25) is 0 Å². The summed E-state index contributed by atoms with van der Waals surface area (Å²) in [4.78, 5) is 4.57. The van der Waals surface area contributed by atoms with Crippen molar-refractivity contribution in [3.8, 4) is 5.75 Å². The summed E-state index contributed by atoms with van der Waals surface area (Å²) in [7, 11) is 0. The normalized spacial score (nSPS) is 11.3. The van der Waals surface area contributed by atoms with Gasteiger partial charge in [-0.25, -0.2) is 13.8 Å². The quantitative estimate of drug-likeness (QED) is 0.210. The first-order valence-electron chi connectivity index (χ1n) is 10.00. The van der Waals surface area contributed by atoms with Crippen molar-refractivity contribution >= 4 is 34.9 Å². The Morgan fingerprint density at radius 3 is 2.52 bits per heavy atom. The minimum absolute atomic E-state index is 0.0502. The molecule has 0 aliphatic rings. The van der Waals surface area contributed by atoms with Crippen LogP contribution in [-0.4, -0.2) is 17.3 Å². The van der Waals surface area contributed by atoms with Gasteiger partial charge < -0.3 is 14.9 Å². The summed E-state index contributed by atoms with van der Waals surface area (Å²) in [5, 5.41) is 18.3. The summed E-state index contributed by atoms with van der Waals surface area (Å²) in [6.07, 6.45) is 1.86. The number of hydrogen-bond acceptors (Lipinski definition) is 4. The van der Waals surface area contributed by atoms with Crippen LogP contribution in [0.2, 0.25) is 0 Å². The molecule has 0 aliphatic heterocycles. The molecule has 4 rings (SSSR count). The van der Waals surface area contributed by atoms with E-state index >= 15 is 0 Å². The Balaban J connectivity index is 1.54. The number of benzene rings is 3. The second kappa shape index (κ2) is 9.82. The third-order valence-electron chi connectivity index (χ3n) is 4.87. The maximum Gasteiger partial charge on any atom is 0.171 e. The third kappa shape index (κ3) is 5.27. The summed E-state index contributed by atoms with van der Waals surface area (Å²) < 4.78 is 37.9. The third-order valence-corrected chi connectivity index (χ3v) is 4.87. The number of rotatable bonds is 7. The lowest BCUT2D eigenvalue weighted by molar-refractivity contribution is 0.302. The minimum Gasteiger partial charge on any atom is -0.770 e. The van der Waals surface area contributed by atoms with Crippen molar-refractivity contribution in [2.24, 2.45) is 0 Å². The zero-order valence-electron chi connectivity index (χ0n) is 17.3. The number of fused-ring (bicyclic) bond motifs is 1. The Kier molecular flexibility index (Phi) is 6.50. The van der Waals surface area contributed by atoms with E-state index in [1.54, 1.807) is 24.3 Å². The lowest BCUT2D eigenvalue weighted by atomic mass is 10.0. The van der Waals surface area contributed by atoms with Gasteiger partial charge >= 0.3 is 0 Å². The number of pyridine rings is 1. The van der Waals surface area contributed by atoms with Crippen molar-refractivity contribution in [1.29, 1.82) is 5.41 Å². The minimum atomic E-state index is -0.794. The molecule has 5 nitrogen and oxygen atoms in total. The summed E-state index contributed by atoms with van der Waals surface area (Å²) >= 11 is 0. The molecular weight excluding hydrogens is 424 g/mol. The topological polar surface area (TPSA) is 77.5 Å². The van der Waals surface area contributed by atoms with Crippen LogP contribution in [0.5, 0.6) is 5.75 Å². The number of nitrogens with one attached hydrogen (secondary N) is 1. The molecule has 0 atom stereocenters. The van der Waals surface area contributed by atoms with Crippen molar-refractivity contribution in [3.05, 3.63) is 113 Å². The fraction of sp³-hybridized carbons (Fsp3) is 0.0385. The lowest BCUT2D eigenvalue weighted by Gasteiger charge is -2.16. The highest BCUT2D eigenvalue weighted by Gasteiger charge is 2.08. The second-order valence-corrected chi connectivity index (χ2v) is 7.07. The zero-order valence-corrected chi connectivity index (χ0v) is 17.3. The van der Waals surface area contributed by atoms with Crippen LogP contribution in [0.15, 0.2) is 78.9 Å². The van der Waals surface area contributed by atoms with E-state index in [2.05, 4.69) is 4.98 Å². The summed E-state index contributed by atoms with van der Waals surface area (Å²) in [6, 6.07) is 21.5. The van der Waals surface area contributed by atoms with E-state index in [1.807, 2.05) is 36.4 Å². The molecule has 7 heteroatoms. The highest BCUT2D eigenvalue weighted by Crippen LogP contribution is 2.25. The van der Waals surface area contributed by atoms with Crippen molar-refractivity contribution < 1.29 is 18.3 Å². The molecule has 0 fully saturated rings. The molecule has 0 bridgehead atoms. The average molecular weight is 442 g/mol. The van der Waals surface area contributed by atoms with Crippen LogP contribution in [-0.2, 0) is 11.3 Å². The Labute approximate surface area is 189 Å². The molecule has 0 saturated carbocycles. The van der Waals surface area contributed by atoms with Crippen LogP contribution in [0.3, 0.4) is 0 Å². The molecule has 33 heavy (non-hydrogen) atoms. The molecule has 0 aliphatic carbocycles. The molecule has 1 heterocycles. The fourth-order valence-electron chi connectivity index (χ4n) is 3.24. The molecule has 1 aromatic heterocycles. The van der Waals surface area contributed by atoms with Gasteiger partial charge in [-0.2, -0.15) is 0 Å². The molecule has 3 aromatic carbocycles. The molecule has 0 amide bonds. The number of aromatic nitrogens is 1. The van der Waals surface area contributed by atoms with Crippen LogP contribution in [0.1, 0.15) is 16.8 Å². The molecule has 0 unspecified atom stereocenters. The van der Waals surface area contributed by atoms with Crippen LogP contribution >= 0.6 is 0 Å². The number of hydrogen-bond donors (Lipinski definition) is 1. The standard InChI is InChI=1S/C26H18F2N3O2/c27-20-9-5-19(24(28)14-20)13-23(26(30)33-16-29)17-7-11-22(12-8-17)32-15-21-10-6-18-3-1-2-4-25(18)31-21/h1-14,16,29H,15H2/q-1/b23-13+,29-16?. The van der Waals surface area contributed by atoms with E-state index in [0.717, 1.165) is 28.7 Å². The van der Waals surface area contributed by atoms with E-state index in [4.69, 9.17) is 14.9 Å². The SMILES string of the molecule is [N-]=C(OC=N)/C(=C/c1ccc(F)cc1F)c1ccc(OCc2ccc3ccccc3n2)cc1. The highest BCUT2D eigenvalue weighted by molar-refractivity contribution is 6.27. The highest BCUT2D eigenvalue weighted by atomic mass is 19.1. The number of nitrogens with zero attached hydrogens (tertiary/aromatic N) is 2. The van der Waals surface area contributed by atoms with Crippen LogP contribution < -0.4 is 4.74 Å². The first kappa shape index (κ1) is 21.8. The molecule has 1 N–H and O–H groups in total. The smallest absolute Gasteiger partial charge is 0.171 e. The average Bonchev–Trinajstić information content (AvgIpc) is 2.83. The molecule has 4 aromatic rings. The van der Waals surface area contributed by atoms with Gasteiger partial charge in [-0.3, -0.25) is 5.41 Å². The lowest BCUT2D eigenvalue weighted by Crippen LogP contribution is -2.05. The Hall–Kier alpha value is -4.39. The van der Waals surface area contributed by atoms with E-state index < -0.39 is 17.5 Å². The number of halogens is 2. The maximum absolute atomic E-state index is 14.1. The zero-order chi connectivity index (χ0) is 23.2. The van der Waals surface area contributed by atoms with E-state index in [9.17, 15) is 14.2 Å². The molecule has 0 spiro atoms. The largest absolute Gasteiger partial charge is 0.770 e. The molecule has 0 saturated heterocycles. The Morgan fingerprint density at radius 1 is 0.970 bits per heavy atom. The predicted molar refractivity (Wildman–Crippen MR) is 125 cm³/mol. The van der Waals surface area contributed by atoms with Gasteiger partial charge in [0.25, 0.3) is 0 Å². The van der Waals surface area contributed by atoms with Crippen molar-refractivity contribution in [1.82, 2.24) is 4.98 Å². The van der Waals surface area contributed by atoms with Gasteiger partial charge in [0.15, 0.2) is 6.40 Å². The van der Waals surface area contributed by atoms with Gasteiger partial charge in [0, 0.05) is 28.5 Å². The second-order valence-electron chi connectivity index (χ2n) is 7.07. The predicted octanol–water partition coefficient (Wildman–Crippen LogP) is 6.22. The van der Waals surface area contributed by atoms with Gasteiger partial charge in [0.05, 0.1) is 11.2 Å². The van der Waals surface area contributed by atoms with Gasteiger partial charge in [-0.15, -0.1) is 0 Å². The monoisotopic (exact) mass is 442 g/mol. The summed E-state index contributed by atoms with van der Waals surface area (Å²) in [5.41, 5.74) is 2.31. The van der Waals surface area contributed by atoms with Crippen LogP contribution in [0.4, 0.5) is 8.78 Å². The number of ether oxygens (including phenoxy) is 2. The van der Waals surface area contributed by atoms with Crippen LogP contribution in [0, 0.1) is 17.0 Å². The van der Waals surface area contributed by atoms with E-state index in [0.29, 0.717) is 17.7 Å². The van der Waals surface area contributed by atoms with Crippen molar-refractivity contribution in [3.63, 3.8) is 0 Å². The van der Waals surface area contributed by atoms with Gasteiger partial charge in [-0.05, 0) is 48.0 Å². The summed E-state index contributed by atoms with van der Waals surface area (Å²) in [6.45, 7) is 0.266. The fourth-order valence-corrected chi connectivity index (χ4v) is 3.24. The Morgan fingerprint density at radius 2 is 1.76 bits per heavy atom. The van der Waals surface area contributed by atoms with E-state index in [1.165, 1.54) is 12.1 Å². The van der Waals surface area contributed by atoms with Gasteiger partial charge in [0.1, 0.15) is 24.0 Å². The number of para-hydroxylation sites is 1. The van der Waals surface area contributed by atoms with Gasteiger partial charge in [-0.1, -0.05) is 36.4 Å². The maximum atomic E-state index is 14.1. The van der Waals surface area contributed by atoms with Crippen molar-refractivity contribution in [2.75, 3.05) is 0 Å². The van der Waals surface area contributed by atoms with Crippen molar-refractivity contribution in [2.45, 2.75) is 6.61 Å². The molecule has 0 radical (unpaired) electrons. The summed E-state index contributed by atoms with van der Waals surface area (Å²) in [5.74, 6) is -1.54. The first-order valence-corrected chi connectivity index (χ1v) is 10.00. The van der Waals surface area contributed by atoms with E-state index in [-0.39, 0.29) is 17.7 Å².